The van der Waals surface area contributed by atoms with E-state index >= 15 is 0 Å². The smallest absolute Gasteiger partial charge is 0.306 e. The summed E-state index contributed by atoms with van der Waals surface area (Å²) < 4.78 is 18.5. The average Bonchev–Trinajstić information content (AvgIpc) is 2.73. The number of amides is 1. The predicted molar refractivity (Wildman–Crippen MR) is 108 cm³/mol. The van der Waals surface area contributed by atoms with Crippen LogP contribution in [0.3, 0.4) is 0 Å². The number of carbonyl (C=O) groups is 2. The fraction of sp³-hybridized carbons (Fsp3) is 0.435. The van der Waals surface area contributed by atoms with Crippen molar-refractivity contribution in [1.29, 1.82) is 0 Å². The second kappa shape index (κ2) is 9.63. The van der Waals surface area contributed by atoms with E-state index in [1.165, 1.54) is 12.1 Å². The molecular formula is C23H27FN2O3. The van der Waals surface area contributed by atoms with Crippen LogP contribution < -0.4 is 0 Å². The highest BCUT2D eigenvalue weighted by Crippen LogP contribution is 2.36. The van der Waals surface area contributed by atoms with Gasteiger partial charge in [0.25, 0.3) is 5.91 Å². The van der Waals surface area contributed by atoms with Gasteiger partial charge >= 0.3 is 5.97 Å². The third-order valence-corrected chi connectivity index (χ3v) is 5.49. The second-order valence-electron chi connectivity index (χ2n) is 7.46. The second-order valence-corrected chi connectivity index (χ2v) is 7.46. The summed E-state index contributed by atoms with van der Waals surface area (Å²) in [6, 6.07) is 11.8. The molecule has 1 aromatic heterocycles. The minimum atomic E-state index is -0.297. The number of hydrogen-bond donors (Lipinski definition) is 0. The van der Waals surface area contributed by atoms with E-state index < -0.39 is 0 Å². The standard InChI is InChI=1S/C23H27FN2O3/c1-3-29-22(27)15-20(17-7-9-19(24)10-8-17)18-11-13-26(14-12-18)23(28)21-6-4-5-16(2)25-21/h4-10,18,20H,3,11-15H2,1-2H3. The van der Waals surface area contributed by atoms with Crippen LogP contribution in [-0.4, -0.2) is 41.5 Å². The van der Waals surface area contributed by atoms with Gasteiger partial charge in [0.15, 0.2) is 0 Å². The first-order chi connectivity index (χ1) is 14.0. The number of carbonyl (C=O) groups excluding carboxylic acids is 2. The summed E-state index contributed by atoms with van der Waals surface area (Å²) in [5, 5.41) is 0. The summed E-state index contributed by atoms with van der Waals surface area (Å²) >= 11 is 0. The van der Waals surface area contributed by atoms with E-state index in [9.17, 15) is 14.0 Å². The van der Waals surface area contributed by atoms with Crippen molar-refractivity contribution in [3.63, 3.8) is 0 Å². The summed E-state index contributed by atoms with van der Waals surface area (Å²) in [5.41, 5.74) is 2.21. The summed E-state index contributed by atoms with van der Waals surface area (Å²) in [5.74, 6) is -0.432. The fourth-order valence-electron chi connectivity index (χ4n) is 4.00. The number of likely N-dealkylation sites (tertiary alicyclic amines) is 1. The maximum absolute atomic E-state index is 13.4. The Hall–Kier alpha value is -2.76. The van der Waals surface area contributed by atoms with E-state index in [2.05, 4.69) is 4.98 Å². The number of benzene rings is 1. The molecule has 0 spiro atoms. The first-order valence-electron chi connectivity index (χ1n) is 10.1. The fourth-order valence-corrected chi connectivity index (χ4v) is 4.00. The quantitative estimate of drug-likeness (QED) is 0.687. The van der Waals surface area contributed by atoms with Crippen molar-refractivity contribution in [3.05, 3.63) is 65.2 Å². The Bertz CT molecular complexity index is 845. The largest absolute Gasteiger partial charge is 0.466 e. The van der Waals surface area contributed by atoms with E-state index in [0.717, 1.165) is 24.1 Å². The zero-order chi connectivity index (χ0) is 20.8. The topological polar surface area (TPSA) is 59.5 Å². The monoisotopic (exact) mass is 398 g/mol. The molecule has 0 aliphatic carbocycles. The minimum Gasteiger partial charge on any atom is -0.466 e. The normalized spacial score (nSPS) is 15.8. The van der Waals surface area contributed by atoms with Gasteiger partial charge < -0.3 is 9.64 Å². The molecule has 1 fully saturated rings. The van der Waals surface area contributed by atoms with E-state index in [1.54, 1.807) is 25.1 Å². The number of esters is 1. The van der Waals surface area contributed by atoms with Gasteiger partial charge in [-0.25, -0.2) is 9.37 Å². The molecule has 1 aliphatic heterocycles. The molecule has 1 unspecified atom stereocenters. The summed E-state index contributed by atoms with van der Waals surface area (Å²) in [7, 11) is 0. The predicted octanol–water partition coefficient (Wildman–Crippen LogP) is 4.12. The molecule has 0 radical (unpaired) electrons. The molecule has 1 aromatic carbocycles. The molecule has 5 nitrogen and oxygen atoms in total. The maximum atomic E-state index is 13.4. The Morgan fingerprint density at radius 2 is 1.86 bits per heavy atom. The van der Waals surface area contributed by atoms with Gasteiger partial charge in [0.1, 0.15) is 11.5 Å². The molecule has 0 N–H and O–H groups in total. The van der Waals surface area contributed by atoms with Gasteiger partial charge in [0.2, 0.25) is 0 Å². The van der Waals surface area contributed by atoms with Crippen LogP contribution in [0.5, 0.6) is 0 Å². The zero-order valence-electron chi connectivity index (χ0n) is 16.9. The number of pyridine rings is 1. The summed E-state index contributed by atoms with van der Waals surface area (Å²) in [6.07, 6.45) is 1.82. The van der Waals surface area contributed by atoms with Gasteiger partial charge in [-0.2, -0.15) is 0 Å². The number of piperidine rings is 1. The molecular weight excluding hydrogens is 371 g/mol. The van der Waals surface area contributed by atoms with Crippen LogP contribution in [0, 0.1) is 18.7 Å². The summed E-state index contributed by atoms with van der Waals surface area (Å²) in [6.45, 7) is 5.21. The van der Waals surface area contributed by atoms with Gasteiger partial charge in [-0.15, -0.1) is 0 Å². The van der Waals surface area contributed by atoms with Crippen molar-refractivity contribution in [1.82, 2.24) is 9.88 Å². The van der Waals surface area contributed by atoms with Gasteiger partial charge in [-0.1, -0.05) is 18.2 Å². The Labute approximate surface area is 170 Å². The number of aryl methyl sites for hydroxylation is 1. The summed E-state index contributed by atoms with van der Waals surface area (Å²) in [4.78, 5) is 31.1. The van der Waals surface area contributed by atoms with Crippen molar-refractivity contribution in [2.75, 3.05) is 19.7 Å². The third-order valence-electron chi connectivity index (χ3n) is 5.49. The van der Waals surface area contributed by atoms with E-state index in [4.69, 9.17) is 4.74 Å². The molecule has 29 heavy (non-hydrogen) atoms. The number of hydrogen-bond acceptors (Lipinski definition) is 4. The Morgan fingerprint density at radius 3 is 2.48 bits per heavy atom. The van der Waals surface area contributed by atoms with Crippen LogP contribution in [-0.2, 0) is 9.53 Å². The Balaban J connectivity index is 1.69. The molecule has 0 bridgehead atoms. The van der Waals surface area contributed by atoms with Crippen LogP contribution in [0.2, 0.25) is 0 Å². The van der Waals surface area contributed by atoms with E-state index in [0.29, 0.717) is 25.4 Å². The lowest BCUT2D eigenvalue weighted by Crippen LogP contribution is -2.40. The van der Waals surface area contributed by atoms with Gasteiger partial charge in [0.05, 0.1) is 13.0 Å². The van der Waals surface area contributed by atoms with E-state index in [-0.39, 0.29) is 36.0 Å². The third kappa shape index (κ3) is 5.40. The average molecular weight is 398 g/mol. The van der Waals surface area contributed by atoms with Crippen LogP contribution in [0.15, 0.2) is 42.5 Å². The number of ether oxygens (including phenoxy) is 1. The van der Waals surface area contributed by atoms with Crippen LogP contribution in [0.25, 0.3) is 0 Å². The molecule has 0 saturated carbocycles. The number of rotatable bonds is 6. The number of nitrogens with zero attached hydrogens (tertiary/aromatic N) is 2. The first kappa shape index (κ1) is 21.0. The van der Waals surface area contributed by atoms with Crippen molar-refractivity contribution in [2.24, 2.45) is 5.92 Å². The highest BCUT2D eigenvalue weighted by molar-refractivity contribution is 5.92. The Kier molecular flexibility index (Phi) is 6.96. The molecule has 1 saturated heterocycles. The molecule has 3 rings (SSSR count). The maximum Gasteiger partial charge on any atom is 0.306 e. The van der Waals surface area contributed by atoms with Crippen molar-refractivity contribution in [3.8, 4) is 0 Å². The minimum absolute atomic E-state index is 0.0519. The van der Waals surface area contributed by atoms with Crippen LogP contribution >= 0.6 is 0 Å². The molecule has 2 heterocycles. The lowest BCUT2D eigenvalue weighted by atomic mass is 9.78. The SMILES string of the molecule is CCOC(=O)CC(c1ccc(F)cc1)C1CCN(C(=O)c2cccc(C)n2)CC1. The molecule has 6 heteroatoms. The first-order valence-corrected chi connectivity index (χ1v) is 10.1. The van der Waals surface area contributed by atoms with Gasteiger partial charge in [-0.3, -0.25) is 9.59 Å². The molecule has 1 amide bonds. The highest BCUT2D eigenvalue weighted by atomic mass is 19.1. The molecule has 2 aromatic rings. The molecule has 1 atom stereocenters. The highest BCUT2D eigenvalue weighted by Gasteiger charge is 2.31. The molecule has 154 valence electrons. The van der Waals surface area contributed by atoms with Gasteiger partial charge in [0, 0.05) is 18.8 Å². The van der Waals surface area contributed by atoms with Crippen molar-refractivity contribution >= 4 is 11.9 Å². The zero-order valence-corrected chi connectivity index (χ0v) is 16.9. The van der Waals surface area contributed by atoms with Crippen LogP contribution in [0.1, 0.15) is 53.8 Å². The number of halogens is 1. The van der Waals surface area contributed by atoms with E-state index in [1.807, 2.05) is 24.0 Å². The van der Waals surface area contributed by atoms with Crippen molar-refractivity contribution in [2.45, 2.75) is 39.0 Å². The lowest BCUT2D eigenvalue weighted by molar-refractivity contribution is -0.144. The van der Waals surface area contributed by atoms with Gasteiger partial charge in [-0.05, 0) is 68.4 Å². The number of aromatic nitrogens is 1. The lowest BCUT2D eigenvalue weighted by Gasteiger charge is -2.36. The van der Waals surface area contributed by atoms with Crippen molar-refractivity contribution < 1.29 is 18.7 Å². The van der Waals surface area contributed by atoms with Crippen LogP contribution in [0.4, 0.5) is 4.39 Å². The molecule has 1 aliphatic rings. The Morgan fingerprint density at radius 1 is 1.17 bits per heavy atom.